The first-order chi connectivity index (χ1) is 7.81. The van der Waals surface area contributed by atoms with Crippen molar-refractivity contribution in [2.75, 3.05) is 13.1 Å². The van der Waals surface area contributed by atoms with Gasteiger partial charge >= 0.3 is 0 Å². The van der Waals surface area contributed by atoms with Crippen LogP contribution in [0.2, 0.25) is 0 Å². The first-order valence-corrected chi connectivity index (χ1v) is 6.15. The van der Waals surface area contributed by atoms with Crippen molar-refractivity contribution >= 4 is 5.78 Å². The number of carbonyl (C=O) groups excluding carboxylic acids is 1. The molecule has 0 amide bonds. The molecule has 1 aromatic rings. The monoisotopic (exact) mass is 217 g/mol. The van der Waals surface area contributed by atoms with E-state index in [1.54, 1.807) is 0 Å². The Morgan fingerprint density at radius 1 is 1.38 bits per heavy atom. The van der Waals surface area contributed by atoms with Gasteiger partial charge in [0.2, 0.25) is 0 Å². The number of benzene rings is 1. The predicted octanol–water partition coefficient (Wildman–Crippen LogP) is 2.43. The third-order valence-corrected chi connectivity index (χ3v) is 3.21. The van der Waals surface area contributed by atoms with Crippen LogP contribution < -0.4 is 5.32 Å². The summed E-state index contributed by atoms with van der Waals surface area (Å²) in [6.45, 7) is 3.99. The molecule has 0 radical (unpaired) electrons. The minimum atomic E-state index is 0.192. The molecule has 1 atom stereocenters. The SMILES string of the molecule is CCCc1ccc(C(=O)C2CCNC2)cc1. The van der Waals surface area contributed by atoms with Gasteiger partial charge in [0, 0.05) is 18.0 Å². The number of nitrogens with one attached hydrogen (secondary N) is 1. The van der Waals surface area contributed by atoms with Gasteiger partial charge in [0.25, 0.3) is 0 Å². The maximum absolute atomic E-state index is 12.1. The molecule has 0 aromatic heterocycles. The van der Waals surface area contributed by atoms with E-state index in [0.29, 0.717) is 5.78 Å². The third-order valence-electron chi connectivity index (χ3n) is 3.21. The van der Waals surface area contributed by atoms with E-state index in [-0.39, 0.29) is 5.92 Å². The van der Waals surface area contributed by atoms with Crippen molar-refractivity contribution < 1.29 is 4.79 Å². The Morgan fingerprint density at radius 2 is 2.12 bits per heavy atom. The lowest BCUT2D eigenvalue weighted by molar-refractivity contribution is 0.0930. The summed E-state index contributed by atoms with van der Waals surface area (Å²) < 4.78 is 0. The van der Waals surface area contributed by atoms with Gasteiger partial charge in [-0.15, -0.1) is 0 Å². The first kappa shape index (κ1) is 11.3. The summed E-state index contributed by atoms with van der Waals surface area (Å²) in [6, 6.07) is 8.12. The highest BCUT2D eigenvalue weighted by atomic mass is 16.1. The van der Waals surface area contributed by atoms with Crippen molar-refractivity contribution in [2.24, 2.45) is 5.92 Å². The summed E-state index contributed by atoms with van der Waals surface area (Å²) in [4.78, 5) is 12.1. The van der Waals surface area contributed by atoms with E-state index in [2.05, 4.69) is 24.4 Å². The molecule has 1 aliphatic heterocycles. The molecule has 2 nitrogen and oxygen atoms in total. The van der Waals surface area contributed by atoms with Gasteiger partial charge in [-0.1, -0.05) is 37.6 Å². The molecule has 1 N–H and O–H groups in total. The van der Waals surface area contributed by atoms with E-state index >= 15 is 0 Å². The van der Waals surface area contributed by atoms with E-state index in [9.17, 15) is 4.79 Å². The number of hydrogen-bond acceptors (Lipinski definition) is 2. The fourth-order valence-corrected chi connectivity index (χ4v) is 2.24. The summed E-state index contributed by atoms with van der Waals surface area (Å²) in [5, 5.41) is 3.23. The number of Topliss-reactive ketones (excluding diaryl/α,β-unsaturated/α-hetero) is 1. The normalized spacial score (nSPS) is 19.9. The zero-order valence-electron chi connectivity index (χ0n) is 9.83. The van der Waals surface area contributed by atoms with Gasteiger partial charge in [-0.2, -0.15) is 0 Å². The molecule has 0 saturated carbocycles. The molecule has 1 saturated heterocycles. The topological polar surface area (TPSA) is 29.1 Å². The summed E-state index contributed by atoms with van der Waals surface area (Å²) in [5.41, 5.74) is 2.19. The maximum Gasteiger partial charge on any atom is 0.167 e. The lowest BCUT2D eigenvalue weighted by Crippen LogP contribution is -2.17. The summed E-state index contributed by atoms with van der Waals surface area (Å²) in [5.74, 6) is 0.491. The summed E-state index contributed by atoms with van der Waals surface area (Å²) >= 11 is 0. The Bertz CT molecular complexity index is 350. The third kappa shape index (κ3) is 2.50. The average Bonchev–Trinajstić information content (AvgIpc) is 2.83. The first-order valence-electron chi connectivity index (χ1n) is 6.15. The van der Waals surface area contributed by atoms with Gasteiger partial charge in [0.1, 0.15) is 0 Å². The molecule has 2 heteroatoms. The second-order valence-electron chi connectivity index (χ2n) is 4.50. The van der Waals surface area contributed by atoms with Crippen LogP contribution in [0, 0.1) is 5.92 Å². The van der Waals surface area contributed by atoms with Crippen LogP contribution >= 0.6 is 0 Å². The molecule has 2 rings (SSSR count). The van der Waals surface area contributed by atoms with Crippen LogP contribution in [0.5, 0.6) is 0 Å². The van der Waals surface area contributed by atoms with Crippen molar-refractivity contribution in [1.82, 2.24) is 5.32 Å². The minimum absolute atomic E-state index is 0.192. The molecule has 86 valence electrons. The van der Waals surface area contributed by atoms with Crippen LogP contribution in [0.15, 0.2) is 24.3 Å². The van der Waals surface area contributed by atoms with Crippen molar-refractivity contribution in [2.45, 2.75) is 26.2 Å². The second kappa shape index (κ2) is 5.26. The van der Waals surface area contributed by atoms with E-state index in [1.807, 2.05) is 12.1 Å². The highest BCUT2D eigenvalue weighted by Crippen LogP contribution is 2.16. The molecule has 1 heterocycles. The Kier molecular flexibility index (Phi) is 3.73. The molecular weight excluding hydrogens is 198 g/mol. The van der Waals surface area contributed by atoms with Crippen molar-refractivity contribution in [3.63, 3.8) is 0 Å². The molecule has 1 fully saturated rings. The molecule has 0 spiro atoms. The number of ketones is 1. The maximum atomic E-state index is 12.1. The van der Waals surface area contributed by atoms with Crippen molar-refractivity contribution in [3.05, 3.63) is 35.4 Å². The molecule has 1 aromatic carbocycles. The molecule has 16 heavy (non-hydrogen) atoms. The van der Waals surface area contributed by atoms with Gasteiger partial charge in [-0.25, -0.2) is 0 Å². The predicted molar refractivity (Wildman–Crippen MR) is 65.7 cm³/mol. The Morgan fingerprint density at radius 3 is 2.69 bits per heavy atom. The van der Waals surface area contributed by atoms with E-state index in [4.69, 9.17) is 0 Å². The summed E-state index contributed by atoms with van der Waals surface area (Å²) in [7, 11) is 0. The Hall–Kier alpha value is -1.15. The Balaban J connectivity index is 2.05. The number of hydrogen-bond donors (Lipinski definition) is 1. The van der Waals surface area contributed by atoms with Crippen LogP contribution in [0.3, 0.4) is 0 Å². The Labute approximate surface area is 97.1 Å². The zero-order valence-corrected chi connectivity index (χ0v) is 9.83. The average molecular weight is 217 g/mol. The van der Waals surface area contributed by atoms with Crippen LogP contribution in [0.1, 0.15) is 35.7 Å². The van der Waals surface area contributed by atoms with Crippen LogP contribution in [0.4, 0.5) is 0 Å². The highest BCUT2D eigenvalue weighted by molar-refractivity contribution is 5.98. The summed E-state index contributed by atoms with van der Waals surface area (Å²) in [6.07, 6.45) is 3.23. The van der Waals surface area contributed by atoms with Crippen LogP contribution in [0.25, 0.3) is 0 Å². The lowest BCUT2D eigenvalue weighted by atomic mass is 9.96. The molecular formula is C14H19NO. The van der Waals surface area contributed by atoms with Gasteiger partial charge in [0.05, 0.1) is 0 Å². The van der Waals surface area contributed by atoms with Gasteiger partial charge in [-0.05, 0) is 24.9 Å². The van der Waals surface area contributed by atoms with Gasteiger partial charge in [-0.3, -0.25) is 4.79 Å². The van der Waals surface area contributed by atoms with Crippen LogP contribution in [-0.4, -0.2) is 18.9 Å². The zero-order chi connectivity index (χ0) is 11.4. The van der Waals surface area contributed by atoms with Gasteiger partial charge < -0.3 is 5.32 Å². The highest BCUT2D eigenvalue weighted by Gasteiger charge is 2.23. The van der Waals surface area contributed by atoms with Gasteiger partial charge in [0.15, 0.2) is 5.78 Å². The molecule has 0 aliphatic carbocycles. The minimum Gasteiger partial charge on any atom is -0.316 e. The standard InChI is InChI=1S/C14H19NO/c1-2-3-11-4-6-12(7-5-11)14(16)13-8-9-15-10-13/h4-7,13,15H,2-3,8-10H2,1H3. The van der Waals surface area contributed by atoms with Crippen LogP contribution in [-0.2, 0) is 6.42 Å². The van der Waals surface area contributed by atoms with Crippen molar-refractivity contribution in [1.29, 1.82) is 0 Å². The number of aryl methyl sites for hydroxylation is 1. The molecule has 0 bridgehead atoms. The largest absolute Gasteiger partial charge is 0.316 e. The quantitative estimate of drug-likeness (QED) is 0.785. The number of carbonyl (C=O) groups is 1. The van der Waals surface area contributed by atoms with E-state index in [1.165, 1.54) is 5.56 Å². The van der Waals surface area contributed by atoms with E-state index in [0.717, 1.165) is 37.9 Å². The fraction of sp³-hybridized carbons (Fsp3) is 0.500. The smallest absolute Gasteiger partial charge is 0.167 e. The lowest BCUT2D eigenvalue weighted by Gasteiger charge is -2.07. The number of rotatable bonds is 4. The molecule has 1 unspecified atom stereocenters. The fourth-order valence-electron chi connectivity index (χ4n) is 2.24. The van der Waals surface area contributed by atoms with E-state index < -0.39 is 0 Å². The second-order valence-corrected chi connectivity index (χ2v) is 4.50. The van der Waals surface area contributed by atoms with Crippen molar-refractivity contribution in [3.8, 4) is 0 Å². The molecule has 1 aliphatic rings.